The van der Waals surface area contributed by atoms with Crippen LogP contribution in [-0.4, -0.2) is 42.6 Å². The molecule has 0 saturated carbocycles. The van der Waals surface area contributed by atoms with Gasteiger partial charge in [-0.25, -0.2) is 0 Å². The highest BCUT2D eigenvalue weighted by molar-refractivity contribution is 7.80. The van der Waals surface area contributed by atoms with Crippen LogP contribution in [0, 0.1) is 0 Å². The van der Waals surface area contributed by atoms with Gasteiger partial charge in [-0.3, -0.25) is 14.4 Å². The molecular weight excluding hydrogens is 332 g/mol. The lowest BCUT2D eigenvalue weighted by molar-refractivity contribution is -0.145. The number of allylic oxidation sites excluding steroid dienone is 1. The largest absolute Gasteiger partial charge is 0.463 e. The van der Waals surface area contributed by atoms with Crippen molar-refractivity contribution in [3.63, 3.8) is 0 Å². The number of nitrogens with two attached hydrogens (primary N) is 1. The molecule has 0 aromatic carbocycles. The highest BCUT2D eigenvalue weighted by Crippen LogP contribution is 2.07. The second kappa shape index (κ2) is 13.6. The fourth-order valence-electron chi connectivity index (χ4n) is 1.70. The van der Waals surface area contributed by atoms with Crippen LogP contribution in [0.5, 0.6) is 0 Å². The van der Waals surface area contributed by atoms with Crippen molar-refractivity contribution in [3.05, 3.63) is 12.2 Å². The second-order valence-electron chi connectivity index (χ2n) is 5.26. The maximum Gasteiger partial charge on any atom is 0.305 e. The van der Waals surface area contributed by atoms with Crippen molar-refractivity contribution in [2.75, 3.05) is 19.8 Å². The first kappa shape index (κ1) is 22.2. The Hall–Kier alpha value is -1.80. The number of hydrogen-bond acceptors (Lipinski definition) is 6. The first-order valence-electron chi connectivity index (χ1n) is 7.84. The molecule has 24 heavy (non-hydrogen) atoms. The number of Topliss-reactive ketones (excluding diaryl/α,β-unsaturated/α-hetero) is 1. The summed E-state index contributed by atoms with van der Waals surface area (Å²) in [7, 11) is 0. The number of amides is 1. The van der Waals surface area contributed by atoms with E-state index in [-0.39, 0.29) is 49.0 Å². The lowest BCUT2D eigenvalue weighted by Gasteiger charge is -2.06. The molecule has 0 aromatic rings. The Balaban J connectivity index is 3.44. The van der Waals surface area contributed by atoms with Gasteiger partial charge in [0, 0.05) is 12.8 Å². The Morgan fingerprint density at radius 1 is 1.04 bits per heavy atom. The van der Waals surface area contributed by atoms with E-state index in [4.69, 9.17) is 15.2 Å². The van der Waals surface area contributed by atoms with E-state index < -0.39 is 0 Å². The molecule has 0 spiro atoms. The van der Waals surface area contributed by atoms with E-state index in [2.05, 4.69) is 24.1 Å². The van der Waals surface area contributed by atoms with E-state index in [1.54, 1.807) is 6.92 Å². The SMILES string of the molecule is C=C(C)C(=O)CCCCCC(=O)OCCOCCC(=O)NC(N)=S. The molecule has 0 bridgehead atoms. The van der Waals surface area contributed by atoms with Gasteiger partial charge in [-0.2, -0.15) is 0 Å². The number of hydrogen-bond donors (Lipinski definition) is 2. The Morgan fingerprint density at radius 3 is 2.33 bits per heavy atom. The van der Waals surface area contributed by atoms with Gasteiger partial charge in [0.25, 0.3) is 0 Å². The minimum Gasteiger partial charge on any atom is -0.463 e. The molecule has 0 aromatic heterocycles. The third-order valence-electron chi connectivity index (χ3n) is 2.99. The number of rotatable bonds is 13. The van der Waals surface area contributed by atoms with Crippen molar-refractivity contribution in [1.29, 1.82) is 0 Å². The lowest BCUT2D eigenvalue weighted by atomic mass is 10.1. The van der Waals surface area contributed by atoms with Gasteiger partial charge in [0.15, 0.2) is 10.9 Å². The van der Waals surface area contributed by atoms with Crippen LogP contribution in [-0.2, 0) is 23.9 Å². The number of esters is 1. The monoisotopic (exact) mass is 358 g/mol. The number of carbonyl (C=O) groups is 3. The summed E-state index contributed by atoms with van der Waals surface area (Å²) >= 11 is 4.52. The Labute approximate surface area is 147 Å². The molecule has 0 heterocycles. The van der Waals surface area contributed by atoms with E-state index in [9.17, 15) is 14.4 Å². The Kier molecular flexibility index (Phi) is 12.6. The first-order chi connectivity index (χ1) is 11.3. The second-order valence-corrected chi connectivity index (χ2v) is 5.70. The molecule has 7 nitrogen and oxygen atoms in total. The number of nitrogens with one attached hydrogen (secondary N) is 1. The van der Waals surface area contributed by atoms with Crippen LogP contribution < -0.4 is 11.1 Å². The van der Waals surface area contributed by atoms with E-state index in [1.165, 1.54) is 0 Å². The predicted octanol–water partition coefficient (Wildman–Crippen LogP) is 1.39. The van der Waals surface area contributed by atoms with Crippen LogP contribution >= 0.6 is 12.2 Å². The summed E-state index contributed by atoms with van der Waals surface area (Å²) in [4.78, 5) is 34.0. The molecule has 1 amide bonds. The van der Waals surface area contributed by atoms with Gasteiger partial charge in [-0.1, -0.05) is 13.0 Å². The average molecular weight is 358 g/mol. The summed E-state index contributed by atoms with van der Waals surface area (Å²) in [6, 6.07) is 0. The van der Waals surface area contributed by atoms with Crippen LogP contribution in [0.25, 0.3) is 0 Å². The third-order valence-corrected chi connectivity index (χ3v) is 3.09. The summed E-state index contributed by atoms with van der Waals surface area (Å²) in [5, 5.41) is 2.21. The molecule has 136 valence electrons. The van der Waals surface area contributed by atoms with Gasteiger partial charge >= 0.3 is 5.97 Å². The fraction of sp³-hybridized carbons (Fsp3) is 0.625. The summed E-state index contributed by atoms with van der Waals surface area (Å²) in [5.74, 6) is -0.544. The summed E-state index contributed by atoms with van der Waals surface area (Å²) in [6.45, 7) is 5.85. The van der Waals surface area contributed by atoms with Crippen LogP contribution in [0.3, 0.4) is 0 Å². The van der Waals surface area contributed by atoms with E-state index >= 15 is 0 Å². The van der Waals surface area contributed by atoms with Crippen molar-refractivity contribution in [3.8, 4) is 0 Å². The van der Waals surface area contributed by atoms with E-state index in [0.29, 0.717) is 24.8 Å². The maximum atomic E-state index is 11.5. The summed E-state index contributed by atoms with van der Waals surface area (Å²) < 4.78 is 10.2. The molecule has 0 unspecified atom stereocenters. The number of carbonyl (C=O) groups excluding carboxylic acids is 3. The number of ketones is 1. The maximum absolute atomic E-state index is 11.5. The van der Waals surface area contributed by atoms with Gasteiger partial charge in [-0.15, -0.1) is 0 Å². The Bertz CT molecular complexity index is 465. The quantitative estimate of drug-likeness (QED) is 0.222. The normalized spacial score (nSPS) is 10.0. The number of unbranched alkanes of at least 4 members (excludes halogenated alkanes) is 2. The van der Waals surface area contributed by atoms with E-state index in [0.717, 1.165) is 12.8 Å². The summed E-state index contributed by atoms with van der Waals surface area (Å²) in [6.07, 6.45) is 3.15. The van der Waals surface area contributed by atoms with Crippen molar-refractivity contribution in [1.82, 2.24) is 5.32 Å². The van der Waals surface area contributed by atoms with Crippen molar-refractivity contribution >= 4 is 35.0 Å². The van der Waals surface area contributed by atoms with Crippen LogP contribution in [0.1, 0.15) is 45.4 Å². The molecule has 0 aliphatic carbocycles. The molecule has 0 rings (SSSR count). The minimum absolute atomic E-state index is 0.0664. The zero-order chi connectivity index (χ0) is 18.4. The van der Waals surface area contributed by atoms with E-state index in [1.807, 2.05) is 0 Å². The van der Waals surface area contributed by atoms with Gasteiger partial charge in [-0.05, 0) is 37.6 Å². The van der Waals surface area contributed by atoms with Gasteiger partial charge < -0.3 is 20.5 Å². The van der Waals surface area contributed by atoms with Gasteiger partial charge in [0.1, 0.15) is 6.61 Å². The highest BCUT2D eigenvalue weighted by atomic mass is 32.1. The van der Waals surface area contributed by atoms with Crippen LogP contribution in [0.15, 0.2) is 12.2 Å². The molecule has 3 N–H and O–H groups in total. The smallest absolute Gasteiger partial charge is 0.305 e. The predicted molar refractivity (Wildman–Crippen MR) is 94.2 cm³/mol. The molecule has 0 radical (unpaired) electrons. The number of thiocarbonyl (C=S) groups is 1. The molecule has 8 heteroatoms. The van der Waals surface area contributed by atoms with Crippen molar-refractivity contribution in [2.24, 2.45) is 5.73 Å². The third kappa shape index (κ3) is 13.8. The average Bonchev–Trinajstić information content (AvgIpc) is 2.49. The summed E-state index contributed by atoms with van der Waals surface area (Å²) in [5.41, 5.74) is 5.71. The molecule has 0 aliphatic rings. The molecular formula is C16H26N2O5S. The standard InChI is InChI=1S/C16H26N2O5S/c1-12(2)13(19)6-4-3-5-7-15(21)23-11-10-22-9-8-14(20)18-16(17)24/h1,3-11H2,2H3,(H3,17,18,20,24). The Morgan fingerprint density at radius 2 is 1.71 bits per heavy atom. The lowest BCUT2D eigenvalue weighted by Crippen LogP contribution is -2.35. The minimum atomic E-state index is -0.315. The van der Waals surface area contributed by atoms with Gasteiger partial charge in [0.05, 0.1) is 19.6 Å². The van der Waals surface area contributed by atoms with Crippen molar-refractivity contribution < 1.29 is 23.9 Å². The fourth-order valence-corrected chi connectivity index (χ4v) is 1.81. The van der Waals surface area contributed by atoms with Gasteiger partial charge in [0.2, 0.25) is 5.91 Å². The molecule has 0 aliphatic heterocycles. The molecule has 0 saturated heterocycles. The first-order valence-corrected chi connectivity index (χ1v) is 8.25. The topological polar surface area (TPSA) is 108 Å². The molecule has 0 fully saturated rings. The highest BCUT2D eigenvalue weighted by Gasteiger charge is 2.05. The van der Waals surface area contributed by atoms with Crippen LogP contribution in [0.4, 0.5) is 0 Å². The zero-order valence-corrected chi connectivity index (χ0v) is 14.9. The number of ether oxygens (including phenoxy) is 2. The van der Waals surface area contributed by atoms with Crippen LogP contribution in [0.2, 0.25) is 0 Å². The van der Waals surface area contributed by atoms with Crippen molar-refractivity contribution in [2.45, 2.75) is 45.4 Å². The molecule has 0 atom stereocenters. The zero-order valence-electron chi connectivity index (χ0n) is 14.1.